The third-order valence-electron chi connectivity index (χ3n) is 1.90. The highest BCUT2D eigenvalue weighted by atomic mass is 35.5. The maximum atomic E-state index is 13.0. The molecule has 0 aliphatic rings. The van der Waals surface area contributed by atoms with E-state index in [-0.39, 0.29) is 12.4 Å². The topological polar surface area (TPSA) is 56.7 Å². The number of hydrogen-bond donors (Lipinski definition) is 1. The van der Waals surface area contributed by atoms with Crippen molar-refractivity contribution in [3.05, 3.63) is 40.9 Å². The first-order valence-electron chi connectivity index (χ1n) is 4.27. The van der Waals surface area contributed by atoms with Gasteiger partial charge in [-0.25, -0.2) is 9.07 Å². The smallest absolute Gasteiger partial charge is 0.125 e. The summed E-state index contributed by atoms with van der Waals surface area (Å²) in [7, 11) is 0. The molecule has 0 unspecified atom stereocenters. The van der Waals surface area contributed by atoms with E-state index in [1.807, 2.05) is 0 Å². The maximum Gasteiger partial charge on any atom is 0.125 e. The van der Waals surface area contributed by atoms with Gasteiger partial charge in [0.05, 0.1) is 22.6 Å². The summed E-state index contributed by atoms with van der Waals surface area (Å²) in [6, 6.07) is 4.04. The number of nitrogens with zero attached hydrogens (tertiary/aromatic N) is 3. The van der Waals surface area contributed by atoms with Gasteiger partial charge in [-0.2, -0.15) is 0 Å². The Balaban J connectivity index is 2.48. The van der Waals surface area contributed by atoms with Crippen LogP contribution in [0.25, 0.3) is 5.69 Å². The van der Waals surface area contributed by atoms with Crippen molar-refractivity contribution in [1.29, 1.82) is 0 Å². The molecule has 0 aliphatic carbocycles. The molecule has 2 rings (SSSR count). The predicted octanol–water partition coefficient (Wildman–Crippen LogP) is 1.52. The van der Waals surface area contributed by atoms with Crippen molar-refractivity contribution in [2.45, 2.75) is 6.54 Å². The molecule has 0 aliphatic heterocycles. The van der Waals surface area contributed by atoms with Gasteiger partial charge in [-0.1, -0.05) is 16.8 Å². The number of aromatic nitrogens is 3. The highest BCUT2D eigenvalue weighted by molar-refractivity contribution is 6.32. The van der Waals surface area contributed by atoms with Crippen molar-refractivity contribution < 1.29 is 4.39 Å². The lowest BCUT2D eigenvalue weighted by Gasteiger charge is -2.02. The van der Waals surface area contributed by atoms with Crippen LogP contribution in [0.5, 0.6) is 0 Å². The molecule has 0 atom stereocenters. The van der Waals surface area contributed by atoms with E-state index in [0.717, 1.165) is 0 Å². The average molecular weight is 227 g/mol. The molecule has 0 saturated heterocycles. The second kappa shape index (κ2) is 3.96. The Kier molecular flexibility index (Phi) is 2.66. The van der Waals surface area contributed by atoms with E-state index >= 15 is 0 Å². The predicted molar refractivity (Wildman–Crippen MR) is 54.2 cm³/mol. The Bertz CT molecular complexity index is 483. The van der Waals surface area contributed by atoms with Gasteiger partial charge in [0.2, 0.25) is 0 Å². The first-order chi connectivity index (χ1) is 7.20. The van der Waals surface area contributed by atoms with Crippen molar-refractivity contribution in [2.24, 2.45) is 5.73 Å². The quantitative estimate of drug-likeness (QED) is 0.845. The van der Waals surface area contributed by atoms with Crippen molar-refractivity contribution in [2.75, 3.05) is 0 Å². The van der Waals surface area contributed by atoms with E-state index in [1.54, 1.807) is 6.20 Å². The van der Waals surface area contributed by atoms with E-state index in [4.69, 9.17) is 17.3 Å². The zero-order valence-corrected chi connectivity index (χ0v) is 8.45. The normalized spacial score (nSPS) is 10.6. The number of nitrogens with two attached hydrogens (primary N) is 1. The molecule has 2 aromatic rings. The van der Waals surface area contributed by atoms with E-state index < -0.39 is 0 Å². The van der Waals surface area contributed by atoms with Gasteiger partial charge in [-0.3, -0.25) is 0 Å². The number of halogens is 2. The van der Waals surface area contributed by atoms with Gasteiger partial charge in [0, 0.05) is 12.6 Å². The van der Waals surface area contributed by atoms with E-state index in [2.05, 4.69) is 10.3 Å². The second-order valence-electron chi connectivity index (χ2n) is 2.95. The minimum Gasteiger partial charge on any atom is -0.325 e. The standard InChI is InChI=1S/C9H8ClFN4/c10-8-2-1-6(11)3-9(8)15-5-7(4-12)13-14-15/h1-3,5H,4,12H2. The molecule has 78 valence electrons. The van der Waals surface area contributed by atoms with Crippen LogP contribution in [-0.4, -0.2) is 15.0 Å². The van der Waals surface area contributed by atoms with Crippen molar-refractivity contribution in [1.82, 2.24) is 15.0 Å². The summed E-state index contributed by atoms with van der Waals surface area (Å²) in [5, 5.41) is 7.99. The lowest BCUT2D eigenvalue weighted by molar-refractivity contribution is 0.625. The first kappa shape index (κ1) is 10.1. The SMILES string of the molecule is NCc1cn(-c2cc(F)ccc2Cl)nn1. The average Bonchev–Trinajstić information content (AvgIpc) is 2.70. The first-order valence-corrected chi connectivity index (χ1v) is 4.65. The fourth-order valence-electron chi connectivity index (χ4n) is 1.17. The third kappa shape index (κ3) is 1.98. The largest absolute Gasteiger partial charge is 0.325 e. The Morgan fingerprint density at radius 1 is 1.47 bits per heavy atom. The number of benzene rings is 1. The summed E-state index contributed by atoms with van der Waals surface area (Å²) in [6.45, 7) is 0.285. The summed E-state index contributed by atoms with van der Waals surface area (Å²) >= 11 is 5.90. The van der Waals surface area contributed by atoms with Crippen LogP contribution in [0.3, 0.4) is 0 Å². The van der Waals surface area contributed by atoms with Crippen molar-refractivity contribution in [3.63, 3.8) is 0 Å². The van der Waals surface area contributed by atoms with Gasteiger partial charge >= 0.3 is 0 Å². The molecule has 0 amide bonds. The highest BCUT2D eigenvalue weighted by Crippen LogP contribution is 2.20. The van der Waals surface area contributed by atoms with Crippen LogP contribution in [-0.2, 0) is 6.54 Å². The highest BCUT2D eigenvalue weighted by Gasteiger charge is 2.06. The Hall–Kier alpha value is -1.46. The lowest BCUT2D eigenvalue weighted by Crippen LogP contribution is -1.97. The van der Waals surface area contributed by atoms with Gasteiger partial charge < -0.3 is 5.73 Å². The van der Waals surface area contributed by atoms with Gasteiger partial charge in [0.15, 0.2) is 0 Å². The van der Waals surface area contributed by atoms with E-state index in [1.165, 1.54) is 22.9 Å². The van der Waals surface area contributed by atoms with Crippen LogP contribution < -0.4 is 5.73 Å². The molecule has 0 bridgehead atoms. The van der Waals surface area contributed by atoms with Gasteiger partial charge in [-0.15, -0.1) is 5.10 Å². The van der Waals surface area contributed by atoms with Crippen LogP contribution in [0, 0.1) is 5.82 Å². The van der Waals surface area contributed by atoms with E-state index in [9.17, 15) is 4.39 Å². The van der Waals surface area contributed by atoms with Crippen LogP contribution in [0.15, 0.2) is 24.4 Å². The number of rotatable bonds is 2. The second-order valence-corrected chi connectivity index (χ2v) is 3.36. The summed E-state index contributed by atoms with van der Waals surface area (Å²) in [4.78, 5) is 0. The summed E-state index contributed by atoms with van der Waals surface area (Å²) in [6.07, 6.45) is 1.61. The minimum atomic E-state index is -0.376. The van der Waals surface area contributed by atoms with Crippen LogP contribution >= 0.6 is 11.6 Å². The molecule has 2 N–H and O–H groups in total. The minimum absolute atomic E-state index is 0.285. The summed E-state index contributed by atoms with van der Waals surface area (Å²) < 4.78 is 14.4. The maximum absolute atomic E-state index is 13.0. The van der Waals surface area contributed by atoms with Gasteiger partial charge in [-0.05, 0) is 12.1 Å². The van der Waals surface area contributed by atoms with Gasteiger partial charge in [0.25, 0.3) is 0 Å². The molecule has 0 radical (unpaired) electrons. The molecule has 0 saturated carbocycles. The molecular formula is C9H8ClFN4. The van der Waals surface area contributed by atoms with Crippen LogP contribution in [0.2, 0.25) is 5.02 Å². The Morgan fingerprint density at radius 3 is 2.93 bits per heavy atom. The number of hydrogen-bond acceptors (Lipinski definition) is 3. The van der Waals surface area contributed by atoms with Crippen LogP contribution in [0.4, 0.5) is 4.39 Å². The molecule has 1 aromatic carbocycles. The lowest BCUT2D eigenvalue weighted by atomic mass is 10.3. The van der Waals surface area contributed by atoms with Crippen molar-refractivity contribution in [3.8, 4) is 5.69 Å². The Morgan fingerprint density at radius 2 is 2.27 bits per heavy atom. The zero-order chi connectivity index (χ0) is 10.8. The summed E-state index contributed by atoms with van der Waals surface area (Å²) in [5.74, 6) is -0.376. The Labute approximate surface area is 90.5 Å². The molecule has 0 spiro atoms. The monoisotopic (exact) mass is 226 g/mol. The fraction of sp³-hybridized carbons (Fsp3) is 0.111. The van der Waals surface area contributed by atoms with Gasteiger partial charge in [0.1, 0.15) is 5.82 Å². The van der Waals surface area contributed by atoms with Crippen LogP contribution in [0.1, 0.15) is 5.69 Å². The molecule has 4 nitrogen and oxygen atoms in total. The fourth-order valence-corrected chi connectivity index (χ4v) is 1.38. The summed E-state index contributed by atoms with van der Waals surface area (Å²) in [5.41, 5.74) is 6.45. The molecular weight excluding hydrogens is 219 g/mol. The molecule has 1 aromatic heterocycles. The van der Waals surface area contributed by atoms with E-state index in [0.29, 0.717) is 16.4 Å². The molecule has 15 heavy (non-hydrogen) atoms. The molecule has 0 fully saturated rings. The molecule has 6 heteroatoms. The zero-order valence-electron chi connectivity index (χ0n) is 7.69. The third-order valence-corrected chi connectivity index (χ3v) is 2.22. The molecule has 1 heterocycles. The van der Waals surface area contributed by atoms with Crippen molar-refractivity contribution >= 4 is 11.6 Å².